The van der Waals surface area contributed by atoms with Crippen molar-refractivity contribution in [3.63, 3.8) is 0 Å². The van der Waals surface area contributed by atoms with Gasteiger partial charge >= 0.3 is 11.9 Å². The number of quaternary nitrogens is 1. The molecule has 2 unspecified atom stereocenters. The molecular weight excluding hydrogens is 1120 g/mol. The molecule has 526 valence electrons. The second-order valence-corrected chi connectivity index (χ2v) is 29.5. The van der Waals surface area contributed by atoms with Crippen LogP contribution in [0.2, 0.25) is 0 Å². The van der Waals surface area contributed by atoms with E-state index in [4.69, 9.17) is 18.5 Å². The summed E-state index contributed by atoms with van der Waals surface area (Å²) in [5.41, 5.74) is 0. The summed E-state index contributed by atoms with van der Waals surface area (Å²) in [6.45, 7) is 4.31. The summed E-state index contributed by atoms with van der Waals surface area (Å²) >= 11 is 0. The molecule has 0 aliphatic carbocycles. The van der Waals surface area contributed by atoms with E-state index in [-0.39, 0.29) is 32.0 Å². The number of hydrogen-bond acceptors (Lipinski definition) is 8. The maximum atomic E-state index is 12.9. The number of nitrogens with zero attached hydrogens (tertiary/aromatic N) is 1. The Morgan fingerprint density at radius 2 is 0.607 bits per heavy atom. The molecule has 0 aliphatic heterocycles. The number of carbonyl (C=O) groups is 2. The molecule has 0 spiro atoms. The average Bonchev–Trinajstić information content (AvgIpc) is 3.60. The van der Waals surface area contributed by atoms with Gasteiger partial charge in [0.1, 0.15) is 19.8 Å². The highest BCUT2D eigenvalue weighted by molar-refractivity contribution is 7.45. The third kappa shape index (κ3) is 75.1. The molecule has 10 heteroatoms. The summed E-state index contributed by atoms with van der Waals surface area (Å²) in [4.78, 5) is 38.1. The molecule has 0 rings (SSSR count). The van der Waals surface area contributed by atoms with Gasteiger partial charge in [-0.25, -0.2) is 0 Å². The summed E-state index contributed by atoms with van der Waals surface area (Å²) < 4.78 is 34.4. The van der Waals surface area contributed by atoms with Gasteiger partial charge in [-0.3, -0.25) is 14.2 Å². The van der Waals surface area contributed by atoms with Crippen molar-refractivity contribution in [3.8, 4) is 0 Å². The number of hydrogen-bond donors (Lipinski definition) is 0. The van der Waals surface area contributed by atoms with Gasteiger partial charge in [0.25, 0.3) is 7.82 Å². The smallest absolute Gasteiger partial charge is 0.306 e. The number of rotatable bonds is 74. The zero-order valence-electron chi connectivity index (χ0n) is 60.2. The Bertz CT molecular complexity index is 1590. The van der Waals surface area contributed by atoms with E-state index in [0.717, 1.165) is 44.9 Å². The Morgan fingerprint density at radius 1 is 0.348 bits per heavy atom. The van der Waals surface area contributed by atoms with Gasteiger partial charge in [-0.1, -0.05) is 378 Å². The van der Waals surface area contributed by atoms with Crippen molar-refractivity contribution >= 4 is 19.8 Å². The lowest BCUT2D eigenvalue weighted by Crippen LogP contribution is -2.37. The lowest BCUT2D eigenvalue weighted by atomic mass is 10.0. The van der Waals surface area contributed by atoms with E-state index in [9.17, 15) is 19.0 Å². The molecule has 9 nitrogen and oxygen atoms in total. The van der Waals surface area contributed by atoms with Crippen molar-refractivity contribution in [2.75, 3.05) is 47.5 Å². The van der Waals surface area contributed by atoms with Gasteiger partial charge in [0.05, 0.1) is 27.7 Å². The Balaban J connectivity index is 3.88. The van der Waals surface area contributed by atoms with Crippen LogP contribution < -0.4 is 4.89 Å². The predicted molar refractivity (Wildman–Crippen MR) is 384 cm³/mol. The van der Waals surface area contributed by atoms with Crippen molar-refractivity contribution < 1.29 is 42.1 Å². The van der Waals surface area contributed by atoms with Crippen molar-refractivity contribution in [2.24, 2.45) is 0 Å². The molecule has 0 aromatic carbocycles. The normalized spacial score (nSPS) is 13.2. The van der Waals surface area contributed by atoms with Crippen LogP contribution in [0.5, 0.6) is 0 Å². The van der Waals surface area contributed by atoms with Crippen LogP contribution in [0.4, 0.5) is 0 Å². The number of unbranched alkanes of at least 4 members (excludes halogenated alkanes) is 54. The molecule has 0 radical (unpaired) electrons. The standard InChI is InChI=1S/C79H152NO8P/c1-6-8-10-12-14-16-18-20-22-24-26-28-30-32-33-34-35-36-37-38-39-40-41-42-43-44-45-46-47-48-50-52-54-56-58-60-62-64-66-68-70-72-79(82)88-77(76-87-89(83,84)86-74-73-80(3,4)5)75-85-78(81)71-69-67-65-63-61-59-57-55-53-51-49-31-29-27-25-23-21-19-17-15-13-11-9-7-2/h18,20,24,26,30,32,77H,6-17,19,21-23,25,27-29,31,33-76H2,1-5H3/b20-18-,26-24-,32-30-. The summed E-state index contributed by atoms with van der Waals surface area (Å²) in [5.74, 6) is -0.806. The SMILES string of the molecule is CCCCCCC/C=C\C/C=C\C/C=C\CCCCCCCCCCCCCCCCCCCCCCCCCCCCC(=O)OC(COC(=O)CCCCCCCCCCCCCCCCCCCCCCCCCC)COP(=O)([O-])OCC[N+](C)(C)C. The third-order valence-corrected chi connectivity index (χ3v) is 18.9. The van der Waals surface area contributed by atoms with Crippen LogP contribution in [-0.4, -0.2) is 70.0 Å². The molecule has 0 saturated heterocycles. The lowest BCUT2D eigenvalue weighted by molar-refractivity contribution is -0.870. The number of esters is 2. The van der Waals surface area contributed by atoms with Crippen LogP contribution in [0.3, 0.4) is 0 Å². The fourth-order valence-corrected chi connectivity index (χ4v) is 12.6. The Labute approximate surface area is 554 Å². The van der Waals surface area contributed by atoms with Crippen LogP contribution in [0.1, 0.15) is 406 Å². The maximum absolute atomic E-state index is 12.9. The minimum absolute atomic E-state index is 0.0265. The van der Waals surface area contributed by atoms with E-state index in [1.807, 2.05) is 21.1 Å². The molecule has 0 aromatic rings. The monoisotopic (exact) mass is 1270 g/mol. The quantitative estimate of drug-likeness (QED) is 0.0195. The molecule has 0 amide bonds. The van der Waals surface area contributed by atoms with E-state index in [2.05, 4.69) is 50.3 Å². The van der Waals surface area contributed by atoms with Crippen LogP contribution >= 0.6 is 7.82 Å². The minimum atomic E-state index is -4.64. The second kappa shape index (κ2) is 70.5. The maximum Gasteiger partial charge on any atom is 0.306 e. The second-order valence-electron chi connectivity index (χ2n) is 28.1. The largest absolute Gasteiger partial charge is 0.756 e. The molecule has 2 atom stereocenters. The first-order valence-electron chi connectivity index (χ1n) is 39.2. The van der Waals surface area contributed by atoms with Gasteiger partial charge in [0, 0.05) is 12.8 Å². The van der Waals surface area contributed by atoms with Gasteiger partial charge in [0.2, 0.25) is 0 Å². The first kappa shape index (κ1) is 87.2. The van der Waals surface area contributed by atoms with E-state index < -0.39 is 26.5 Å². The van der Waals surface area contributed by atoms with Crippen molar-refractivity contribution in [1.82, 2.24) is 0 Å². The molecular formula is C79H152NO8P. The third-order valence-electron chi connectivity index (χ3n) is 17.9. The van der Waals surface area contributed by atoms with E-state index in [1.54, 1.807) is 0 Å². The topological polar surface area (TPSA) is 111 Å². The first-order valence-corrected chi connectivity index (χ1v) is 40.7. The molecule has 0 heterocycles. The average molecular weight is 1280 g/mol. The number of phosphoric acid groups is 1. The number of phosphoric ester groups is 1. The van der Waals surface area contributed by atoms with E-state index in [1.165, 1.54) is 327 Å². The summed E-state index contributed by atoms with van der Waals surface area (Å²) in [6, 6.07) is 0. The zero-order valence-corrected chi connectivity index (χ0v) is 61.1. The van der Waals surface area contributed by atoms with Gasteiger partial charge < -0.3 is 27.9 Å². The van der Waals surface area contributed by atoms with Crippen molar-refractivity contribution in [1.29, 1.82) is 0 Å². The summed E-state index contributed by atoms with van der Waals surface area (Å²) in [5, 5.41) is 0. The highest BCUT2D eigenvalue weighted by Gasteiger charge is 2.22. The van der Waals surface area contributed by atoms with E-state index in [0.29, 0.717) is 17.4 Å². The van der Waals surface area contributed by atoms with Crippen LogP contribution in [0.15, 0.2) is 36.5 Å². The molecule has 0 aromatic heterocycles. The van der Waals surface area contributed by atoms with Crippen LogP contribution in [0, 0.1) is 0 Å². The molecule has 0 fully saturated rings. The fourth-order valence-electron chi connectivity index (χ4n) is 11.9. The molecule has 89 heavy (non-hydrogen) atoms. The summed E-state index contributed by atoms with van der Waals surface area (Å²) in [7, 11) is 1.19. The lowest BCUT2D eigenvalue weighted by Gasteiger charge is -2.28. The Kier molecular flexibility index (Phi) is 69.1. The zero-order chi connectivity index (χ0) is 64.8. The Hall–Kier alpha value is -1.77. The van der Waals surface area contributed by atoms with Crippen molar-refractivity contribution in [3.05, 3.63) is 36.5 Å². The minimum Gasteiger partial charge on any atom is -0.756 e. The van der Waals surface area contributed by atoms with Crippen LogP contribution in [-0.2, 0) is 32.7 Å². The van der Waals surface area contributed by atoms with Crippen LogP contribution in [0.25, 0.3) is 0 Å². The first-order chi connectivity index (χ1) is 43.5. The van der Waals surface area contributed by atoms with Crippen molar-refractivity contribution in [2.45, 2.75) is 412 Å². The summed E-state index contributed by atoms with van der Waals surface area (Å²) in [6.07, 6.45) is 91.3. The van der Waals surface area contributed by atoms with Gasteiger partial charge in [-0.2, -0.15) is 0 Å². The van der Waals surface area contributed by atoms with E-state index >= 15 is 0 Å². The predicted octanol–water partition coefficient (Wildman–Crippen LogP) is 25.2. The highest BCUT2D eigenvalue weighted by Crippen LogP contribution is 2.38. The molecule has 0 bridgehead atoms. The molecule has 0 N–H and O–H groups in total. The van der Waals surface area contributed by atoms with Gasteiger partial charge in [-0.15, -0.1) is 0 Å². The Morgan fingerprint density at radius 3 is 0.899 bits per heavy atom. The molecule has 0 saturated carbocycles. The fraction of sp³-hybridized carbons (Fsp3) is 0.899. The number of allylic oxidation sites excluding steroid dienone is 6. The molecule has 0 aliphatic rings. The number of likely N-dealkylation sites (N-methyl/N-ethyl adjacent to an activating group) is 1. The number of carbonyl (C=O) groups excluding carboxylic acids is 2. The highest BCUT2D eigenvalue weighted by atomic mass is 31.2. The number of ether oxygens (including phenoxy) is 2. The van der Waals surface area contributed by atoms with Gasteiger partial charge in [-0.05, 0) is 51.4 Å². The van der Waals surface area contributed by atoms with Gasteiger partial charge in [0.15, 0.2) is 6.10 Å².